The van der Waals surface area contributed by atoms with Gasteiger partial charge in [-0.15, -0.1) is 0 Å². The first-order valence-electron chi connectivity index (χ1n) is 9.61. The maximum atomic E-state index is 11.9. The topological polar surface area (TPSA) is 37.4 Å². The Morgan fingerprint density at radius 2 is 1.17 bits per heavy atom. The third-order valence-electron chi connectivity index (χ3n) is 4.27. The Kier molecular flexibility index (Phi) is 13.1. The molecule has 0 bridgehead atoms. The second-order valence-electron chi connectivity index (χ2n) is 7.62. The van der Waals surface area contributed by atoms with Gasteiger partial charge >= 0.3 is 0 Å². The summed E-state index contributed by atoms with van der Waals surface area (Å²) in [6, 6.07) is 0. The number of rotatable bonds is 14. The molecule has 0 aromatic carbocycles. The van der Waals surface area contributed by atoms with Gasteiger partial charge in [-0.3, -0.25) is 9.59 Å². The predicted molar refractivity (Wildman–Crippen MR) is 98.5 cm³/mol. The van der Waals surface area contributed by atoms with Gasteiger partial charge in [-0.05, 0) is 18.8 Å². The van der Waals surface area contributed by atoms with Gasteiger partial charge in [-0.2, -0.15) is 0 Å². The Hall–Kier alpha value is -0.860. The zero-order chi connectivity index (χ0) is 17.7. The van der Waals surface area contributed by atoms with Crippen molar-refractivity contribution in [3.05, 3.63) is 0 Å². The fourth-order valence-corrected chi connectivity index (χ4v) is 2.77. The van der Waals surface area contributed by atoms with Gasteiger partial charge in [-0.1, -0.05) is 66.2 Å². The van der Waals surface area contributed by atoms with Crippen LogP contribution in [0.25, 0.3) is 0 Å². The Morgan fingerprint density at radius 3 is 1.61 bits per heavy atom. The SMILES string of the molecule is CC(C)CN(C)C(=O)CCCCCCCCCCC(=O)C(C)C. The van der Waals surface area contributed by atoms with E-state index in [2.05, 4.69) is 13.8 Å². The van der Waals surface area contributed by atoms with Crippen molar-refractivity contribution in [3.8, 4) is 0 Å². The first-order chi connectivity index (χ1) is 10.8. The molecule has 0 saturated carbocycles. The summed E-state index contributed by atoms with van der Waals surface area (Å²) < 4.78 is 0. The highest BCUT2D eigenvalue weighted by atomic mass is 16.2. The third-order valence-corrected chi connectivity index (χ3v) is 4.27. The zero-order valence-corrected chi connectivity index (χ0v) is 16.2. The van der Waals surface area contributed by atoms with Crippen molar-refractivity contribution in [2.24, 2.45) is 11.8 Å². The Bertz CT molecular complexity index is 324. The molecule has 0 spiro atoms. The molecule has 3 heteroatoms. The van der Waals surface area contributed by atoms with Crippen LogP contribution in [0.1, 0.15) is 91.9 Å². The summed E-state index contributed by atoms with van der Waals surface area (Å²) in [5.41, 5.74) is 0. The van der Waals surface area contributed by atoms with Crippen LogP contribution in [-0.4, -0.2) is 30.2 Å². The molecule has 0 aliphatic carbocycles. The van der Waals surface area contributed by atoms with Crippen LogP contribution in [0.15, 0.2) is 0 Å². The van der Waals surface area contributed by atoms with Crippen LogP contribution < -0.4 is 0 Å². The van der Waals surface area contributed by atoms with Gasteiger partial charge < -0.3 is 4.90 Å². The average Bonchev–Trinajstić information content (AvgIpc) is 2.47. The monoisotopic (exact) mass is 325 g/mol. The fourth-order valence-electron chi connectivity index (χ4n) is 2.77. The van der Waals surface area contributed by atoms with Crippen LogP contribution >= 0.6 is 0 Å². The molecule has 1 amide bonds. The van der Waals surface area contributed by atoms with Crippen molar-refractivity contribution >= 4 is 11.7 Å². The molecule has 0 aromatic rings. The molecule has 0 aliphatic heterocycles. The molecule has 0 N–H and O–H groups in total. The van der Waals surface area contributed by atoms with E-state index in [1.54, 1.807) is 0 Å². The normalized spacial score (nSPS) is 11.3. The molecule has 0 saturated heterocycles. The summed E-state index contributed by atoms with van der Waals surface area (Å²) in [5, 5.41) is 0. The largest absolute Gasteiger partial charge is 0.346 e. The number of ketones is 1. The first kappa shape index (κ1) is 22.1. The first-order valence-corrected chi connectivity index (χ1v) is 9.61. The second-order valence-corrected chi connectivity index (χ2v) is 7.62. The third kappa shape index (κ3) is 13.3. The molecule has 0 aromatic heterocycles. The molecule has 0 radical (unpaired) electrons. The average molecular weight is 326 g/mol. The van der Waals surface area contributed by atoms with E-state index in [9.17, 15) is 9.59 Å². The van der Waals surface area contributed by atoms with Crippen LogP contribution in [0.5, 0.6) is 0 Å². The van der Waals surface area contributed by atoms with Gasteiger partial charge in [0.25, 0.3) is 0 Å². The molecule has 0 fully saturated rings. The molecule has 0 rings (SSSR count). The number of amides is 1. The van der Waals surface area contributed by atoms with Crippen LogP contribution in [0, 0.1) is 11.8 Å². The minimum absolute atomic E-state index is 0.192. The van der Waals surface area contributed by atoms with Crippen molar-refractivity contribution in [3.63, 3.8) is 0 Å². The maximum absolute atomic E-state index is 11.9. The summed E-state index contributed by atoms with van der Waals surface area (Å²) in [7, 11) is 1.91. The second kappa shape index (κ2) is 13.6. The molecular weight excluding hydrogens is 286 g/mol. The summed E-state index contributed by atoms with van der Waals surface area (Å²) in [6.07, 6.45) is 10.8. The van der Waals surface area contributed by atoms with E-state index in [0.29, 0.717) is 18.1 Å². The Morgan fingerprint density at radius 1 is 0.739 bits per heavy atom. The van der Waals surface area contributed by atoms with E-state index in [1.165, 1.54) is 32.1 Å². The van der Waals surface area contributed by atoms with Gasteiger partial charge in [-0.25, -0.2) is 0 Å². The minimum Gasteiger partial charge on any atom is -0.346 e. The molecule has 0 aliphatic rings. The lowest BCUT2D eigenvalue weighted by molar-refractivity contribution is -0.130. The number of hydrogen-bond acceptors (Lipinski definition) is 2. The highest BCUT2D eigenvalue weighted by molar-refractivity contribution is 5.80. The standard InChI is InChI=1S/C20H39NO2/c1-17(2)16-21(5)20(23)15-13-11-9-7-6-8-10-12-14-19(22)18(3)4/h17-18H,6-16H2,1-5H3. The maximum Gasteiger partial charge on any atom is 0.222 e. The van der Waals surface area contributed by atoms with Crippen LogP contribution in [-0.2, 0) is 9.59 Å². The summed E-state index contributed by atoms with van der Waals surface area (Å²) >= 11 is 0. The van der Waals surface area contributed by atoms with Gasteiger partial charge in [0.05, 0.1) is 0 Å². The molecular formula is C20H39NO2. The highest BCUT2D eigenvalue weighted by Crippen LogP contribution is 2.12. The molecule has 0 heterocycles. The van der Waals surface area contributed by atoms with Crippen molar-refractivity contribution in [2.75, 3.05) is 13.6 Å². The molecule has 136 valence electrons. The van der Waals surface area contributed by atoms with E-state index in [0.717, 1.165) is 32.2 Å². The quantitative estimate of drug-likeness (QED) is 0.410. The van der Waals surface area contributed by atoms with E-state index < -0.39 is 0 Å². The molecule has 23 heavy (non-hydrogen) atoms. The van der Waals surface area contributed by atoms with Crippen LogP contribution in [0.3, 0.4) is 0 Å². The number of hydrogen-bond donors (Lipinski definition) is 0. The zero-order valence-electron chi connectivity index (χ0n) is 16.2. The number of Topliss-reactive ketones (excluding diaryl/α,β-unsaturated/α-hetero) is 1. The van der Waals surface area contributed by atoms with Gasteiger partial charge in [0.15, 0.2) is 0 Å². The van der Waals surface area contributed by atoms with Crippen molar-refractivity contribution in [1.82, 2.24) is 4.90 Å². The van der Waals surface area contributed by atoms with E-state index in [4.69, 9.17) is 0 Å². The van der Waals surface area contributed by atoms with Gasteiger partial charge in [0, 0.05) is 32.4 Å². The van der Waals surface area contributed by atoms with Gasteiger partial charge in [0.2, 0.25) is 5.91 Å². The van der Waals surface area contributed by atoms with Crippen LogP contribution in [0.4, 0.5) is 0 Å². The lowest BCUT2D eigenvalue weighted by Crippen LogP contribution is -2.29. The molecule has 0 unspecified atom stereocenters. The summed E-state index contributed by atoms with van der Waals surface area (Å²) in [6.45, 7) is 9.10. The highest BCUT2D eigenvalue weighted by Gasteiger charge is 2.09. The lowest BCUT2D eigenvalue weighted by Gasteiger charge is -2.19. The number of carbonyl (C=O) groups is 2. The Labute approximate surface area is 144 Å². The minimum atomic E-state index is 0.192. The smallest absolute Gasteiger partial charge is 0.222 e. The summed E-state index contributed by atoms with van der Waals surface area (Å²) in [5.74, 6) is 1.42. The van der Waals surface area contributed by atoms with Crippen molar-refractivity contribution in [2.45, 2.75) is 91.9 Å². The summed E-state index contributed by atoms with van der Waals surface area (Å²) in [4.78, 5) is 25.2. The number of nitrogens with zero attached hydrogens (tertiary/aromatic N) is 1. The van der Waals surface area contributed by atoms with Crippen molar-refractivity contribution < 1.29 is 9.59 Å². The van der Waals surface area contributed by atoms with Crippen LogP contribution in [0.2, 0.25) is 0 Å². The number of carbonyl (C=O) groups excluding carboxylic acids is 2. The lowest BCUT2D eigenvalue weighted by atomic mass is 10.0. The number of unbranched alkanes of at least 4 members (excludes halogenated alkanes) is 7. The van der Waals surface area contributed by atoms with Gasteiger partial charge in [0.1, 0.15) is 5.78 Å². The van der Waals surface area contributed by atoms with E-state index >= 15 is 0 Å². The fraction of sp³-hybridized carbons (Fsp3) is 0.900. The Balaban J connectivity index is 3.37. The van der Waals surface area contributed by atoms with Crippen molar-refractivity contribution in [1.29, 1.82) is 0 Å². The van der Waals surface area contributed by atoms with E-state index in [1.807, 2.05) is 25.8 Å². The molecule has 3 nitrogen and oxygen atoms in total. The molecule has 0 atom stereocenters. The predicted octanol–water partition coefficient (Wildman–Crippen LogP) is 5.23. The van der Waals surface area contributed by atoms with E-state index in [-0.39, 0.29) is 11.8 Å².